The average molecular weight is 320 g/mol. The Bertz CT molecular complexity index is 519. The summed E-state index contributed by atoms with van der Waals surface area (Å²) in [6.45, 7) is 6.63. The summed E-state index contributed by atoms with van der Waals surface area (Å²) >= 11 is 0. The second-order valence-electron chi connectivity index (χ2n) is 5.95. The molecule has 1 aliphatic rings. The molecule has 1 aromatic carbocycles. The molecule has 1 saturated heterocycles. The predicted molar refractivity (Wildman–Crippen MR) is 91.1 cm³/mol. The quantitative estimate of drug-likeness (QED) is 0.785. The molecule has 23 heavy (non-hydrogen) atoms. The molecule has 5 heteroatoms. The van der Waals surface area contributed by atoms with Gasteiger partial charge in [-0.3, -0.25) is 4.79 Å². The van der Waals surface area contributed by atoms with Crippen molar-refractivity contribution in [1.29, 1.82) is 0 Å². The van der Waals surface area contributed by atoms with Crippen LogP contribution in [0.15, 0.2) is 18.2 Å². The van der Waals surface area contributed by atoms with Crippen molar-refractivity contribution in [3.05, 3.63) is 23.8 Å². The van der Waals surface area contributed by atoms with Gasteiger partial charge in [-0.15, -0.1) is 0 Å². The minimum Gasteiger partial charge on any atom is -0.490 e. The van der Waals surface area contributed by atoms with E-state index in [1.165, 1.54) is 0 Å². The summed E-state index contributed by atoms with van der Waals surface area (Å²) in [5.41, 5.74) is 6.60. The first-order chi connectivity index (χ1) is 11.2. The van der Waals surface area contributed by atoms with Crippen LogP contribution < -0.4 is 15.2 Å². The van der Waals surface area contributed by atoms with Crippen LogP contribution in [0, 0.1) is 0 Å². The SMILES string of the molecule is CCCCOc1ccc(C(=O)N2CCCC(N)C2)cc1OCC. The number of carbonyl (C=O) groups excluding carboxylic acids is 1. The molecule has 1 amide bonds. The number of piperidine rings is 1. The molecule has 0 aliphatic carbocycles. The van der Waals surface area contributed by atoms with E-state index >= 15 is 0 Å². The van der Waals surface area contributed by atoms with Crippen LogP contribution in [0.1, 0.15) is 49.9 Å². The highest BCUT2D eigenvalue weighted by molar-refractivity contribution is 5.95. The number of hydrogen-bond donors (Lipinski definition) is 1. The number of ether oxygens (including phenoxy) is 2. The highest BCUT2D eigenvalue weighted by Gasteiger charge is 2.23. The first-order valence-electron chi connectivity index (χ1n) is 8.60. The van der Waals surface area contributed by atoms with Crippen LogP contribution in [0.3, 0.4) is 0 Å². The molecule has 128 valence electrons. The average Bonchev–Trinajstić information content (AvgIpc) is 2.56. The number of carbonyl (C=O) groups is 1. The van der Waals surface area contributed by atoms with Gasteiger partial charge in [0.1, 0.15) is 0 Å². The summed E-state index contributed by atoms with van der Waals surface area (Å²) < 4.78 is 11.4. The smallest absolute Gasteiger partial charge is 0.254 e. The third-order valence-corrected chi connectivity index (χ3v) is 3.99. The summed E-state index contributed by atoms with van der Waals surface area (Å²) in [7, 11) is 0. The fraction of sp³-hybridized carbons (Fsp3) is 0.611. The maximum absolute atomic E-state index is 12.6. The topological polar surface area (TPSA) is 64.8 Å². The molecule has 1 heterocycles. The lowest BCUT2D eigenvalue weighted by Gasteiger charge is -2.31. The zero-order valence-corrected chi connectivity index (χ0v) is 14.2. The second kappa shape index (κ2) is 8.77. The van der Waals surface area contributed by atoms with E-state index in [4.69, 9.17) is 15.2 Å². The summed E-state index contributed by atoms with van der Waals surface area (Å²) in [5.74, 6) is 1.35. The van der Waals surface area contributed by atoms with Gasteiger partial charge >= 0.3 is 0 Å². The van der Waals surface area contributed by atoms with Crippen LogP contribution in [-0.4, -0.2) is 43.2 Å². The Morgan fingerprint density at radius 1 is 1.30 bits per heavy atom. The van der Waals surface area contributed by atoms with E-state index in [1.54, 1.807) is 6.07 Å². The first kappa shape index (κ1) is 17.6. The molecule has 0 aromatic heterocycles. The van der Waals surface area contributed by atoms with Crippen molar-refractivity contribution in [2.24, 2.45) is 5.73 Å². The van der Waals surface area contributed by atoms with E-state index in [-0.39, 0.29) is 11.9 Å². The number of rotatable bonds is 7. The molecule has 1 aliphatic heterocycles. The van der Waals surface area contributed by atoms with Crippen LogP contribution in [-0.2, 0) is 0 Å². The summed E-state index contributed by atoms with van der Waals surface area (Å²) in [6.07, 6.45) is 4.02. The van der Waals surface area contributed by atoms with Gasteiger partial charge in [0.15, 0.2) is 11.5 Å². The van der Waals surface area contributed by atoms with Gasteiger partial charge in [0.05, 0.1) is 13.2 Å². The predicted octanol–water partition coefficient (Wildman–Crippen LogP) is 2.83. The molecule has 0 saturated carbocycles. The van der Waals surface area contributed by atoms with Crippen LogP contribution in [0.2, 0.25) is 0 Å². The maximum Gasteiger partial charge on any atom is 0.254 e. The van der Waals surface area contributed by atoms with E-state index in [0.29, 0.717) is 36.8 Å². The minimum absolute atomic E-state index is 0.0150. The second-order valence-corrected chi connectivity index (χ2v) is 5.95. The number of unbranched alkanes of at least 4 members (excludes halogenated alkanes) is 1. The van der Waals surface area contributed by atoms with Gasteiger partial charge in [0.25, 0.3) is 5.91 Å². The van der Waals surface area contributed by atoms with Crippen LogP contribution in [0.25, 0.3) is 0 Å². The zero-order valence-electron chi connectivity index (χ0n) is 14.2. The molecule has 0 radical (unpaired) electrons. The lowest BCUT2D eigenvalue weighted by Crippen LogP contribution is -2.45. The van der Waals surface area contributed by atoms with Gasteiger partial charge in [-0.05, 0) is 44.4 Å². The van der Waals surface area contributed by atoms with Gasteiger partial charge < -0.3 is 20.1 Å². The lowest BCUT2D eigenvalue weighted by atomic mass is 10.1. The molecule has 2 rings (SSSR count). The van der Waals surface area contributed by atoms with E-state index < -0.39 is 0 Å². The molecule has 2 N–H and O–H groups in total. The standard InChI is InChI=1S/C18H28N2O3/c1-3-5-11-23-16-9-8-14(12-17(16)22-4-2)18(21)20-10-6-7-15(19)13-20/h8-9,12,15H,3-7,10-11,13,19H2,1-2H3. The van der Waals surface area contributed by atoms with E-state index in [2.05, 4.69) is 6.92 Å². The van der Waals surface area contributed by atoms with E-state index in [1.807, 2.05) is 24.0 Å². The molecule has 1 atom stereocenters. The molecule has 1 fully saturated rings. The number of benzene rings is 1. The van der Waals surface area contributed by atoms with E-state index in [9.17, 15) is 4.79 Å². The Balaban J connectivity index is 2.12. The fourth-order valence-corrected chi connectivity index (χ4v) is 2.73. The highest BCUT2D eigenvalue weighted by atomic mass is 16.5. The number of nitrogens with zero attached hydrogens (tertiary/aromatic N) is 1. The first-order valence-corrected chi connectivity index (χ1v) is 8.60. The van der Waals surface area contributed by atoms with Crippen molar-refractivity contribution >= 4 is 5.91 Å². The number of likely N-dealkylation sites (tertiary alicyclic amines) is 1. The summed E-state index contributed by atoms with van der Waals surface area (Å²) in [4.78, 5) is 14.5. The molecule has 0 bridgehead atoms. The third kappa shape index (κ3) is 4.86. The lowest BCUT2D eigenvalue weighted by molar-refractivity contribution is 0.0708. The van der Waals surface area contributed by atoms with Gasteiger partial charge in [0.2, 0.25) is 0 Å². The maximum atomic E-state index is 12.6. The fourth-order valence-electron chi connectivity index (χ4n) is 2.73. The molecule has 1 aromatic rings. The normalized spacial score (nSPS) is 17.9. The Kier molecular flexibility index (Phi) is 6.71. The highest BCUT2D eigenvalue weighted by Crippen LogP contribution is 2.29. The Hall–Kier alpha value is -1.75. The molecular formula is C18H28N2O3. The van der Waals surface area contributed by atoms with Gasteiger partial charge in [-0.25, -0.2) is 0 Å². The third-order valence-electron chi connectivity index (χ3n) is 3.99. The largest absolute Gasteiger partial charge is 0.490 e. The van der Waals surface area contributed by atoms with E-state index in [0.717, 1.165) is 32.2 Å². The van der Waals surface area contributed by atoms with Crippen LogP contribution >= 0.6 is 0 Å². The Morgan fingerprint density at radius 2 is 2.13 bits per heavy atom. The number of amides is 1. The Labute approximate surface area is 138 Å². The van der Waals surface area contributed by atoms with Crippen molar-refractivity contribution in [1.82, 2.24) is 4.90 Å². The van der Waals surface area contributed by atoms with Gasteiger partial charge in [-0.2, -0.15) is 0 Å². The van der Waals surface area contributed by atoms with Crippen LogP contribution in [0.5, 0.6) is 11.5 Å². The van der Waals surface area contributed by atoms with Crippen molar-refractivity contribution in [3.63, 3.8) is 0 Å². The minimum atomic E-state index is 0.0150. The van der Waals surface area contributed by atoms with Gasteiger partial charge in [0, 0.05) is 24.7 Å². The van der Waals surface area contributed by atoms with Gasteiger partial charge in [-0.1, -0.05) is 13.3 Å². The molecular weight excluding hydrogens is 292 g/mol. The van der Waals surface area contributed by atoms with Crippen molar-refractivity contribution in [2.45, 2.75) is 45.6 Å². The number of nitrogens with two attached hydrogens (primary N) is 1. The summed E-state index contributed by atoms with van der Waals surface area (Å²) in [6, 6.07) is 5.51. The molecule has 1 unspecified atom stereocenters. The van der Waals surface area contributed by atoms with Crippen molar-refractivity contribution in [3.8, 4) is 11.5 Å². The Morgan fingerprint density at radius 3 is 2.83 bits per heavy atom. The van der Waals surface area contributed by atoms with Crippen molar-refractivity contribution in [2.75, 3.05) is 26.3 Å². The molecule has 5 nitrogen and oxygen atoms in total. The summed E-state index contributed by atoms with van der Waals surface area (Å²) in [5, 5.41) is 0. The zero-order chi connectivity index (χ0) is 16.7. The monoisotopic (exact) mass is 320 g/mol. The van der Waals surface area contributed by atoms with Crippen molar-refractivity contribution < 1.29 is 14.3 Å². The number of hydrogen-bond acceptors (Lipinski definition) is 4. The van der Waals surface area contributed by atoms with Crippen LogP contribution in [0.4, 0.5) is 0 Å². The molecule has 0 spiro atoms.